The van der Waals surface area contributed by atoms with Gasteiger partial charge in [0, 0.05) is 7.11 Å². The van der Waals surface area contributed by atoms with Crippen LogP contribution in [0.5, 0.6) is 5.75 Å². The maximum absolute atomic E-state index is 13.3. The van der Waals surface area contributed by atoms with Gasteiger partial charge in [-0.05, 0) is 35.7 Å². The van der Waals surface area contributed by atoms with Crippen molar-refractivity contribution in [2.75, 3.05) is 20.3 Å². The van der Waals surface area contributed by atoms with E-state index in [2.05, 4.69) is 18.8 Å². The Morgan fingerprint density at radius 1 is 0.939 bits per heavy atom. The maximum Gasteiger partial charge on any atom is 0.337 e. The number of rotatable bonds is 9. The molecule has 8 heteroatoms. The number of hydrogen-bond donors (Lipinski definition) is 0. The van der Waals surface area contributed by atoms with Gasteiger partial charge in [0.2, 0.25) is 0 Å². The van der Waals surface area contributed by atoms with Gasteiger partial charge in [-0.3, -0.25) is 9.36 Å². The van der Waals surface area contributed by atoms with E-state index in [1.165, 1.54) is 21.8 Å². The molecule has 2 aromatic heterocycles. The normalized spacial score (nSPS) is 11.4. The van der Waals surface area contributed by atoms with Crippen molar-refractivity contribution in [1.82, 2.24) is 18.7 Å². The fourth-order valence-electron chi connectivity index (χ4n) is 3.75. The zero-order valence-electron chi connectivity index (χ0n) is 19.1. The fraction of sp³-hybridized carbons (Fsp3) is 0.320. The Balaban J connectivity index is 1.78. The van der Waals surface area contributed by atoms with E-state index in [-0.39, 0.29) is 18.7 Å². The summed E-state index contributed by atoms with van der Waals surface area (Å²) >= 11 is 0. The van der Waals surface area contributed by atoms with Gasteiger partial charge in [0.15, 0.2) is 11.2 Å². The first-order valence-corrected chi connectivity index (χ1v) is 11.0. The Bertz CT molecular complexity index is 1340. The third-order valence-corrected chi connectivity index (χ3v) is 5.58. The molecule has 0 saturated heterocycles. The van der Waals surface area contributed by atoms with E-state index >= 15 is 0 Å². The molecule has 0 bridgehead atoms. The summed E-state index contributed by atoms with van der Waals surface area (Å²) in [4.78, 5) is 31.1. The highest BCUT2D eigenvalue weighted by molar-refractivity contribution is 5.72. The first-order valence-electron chi connectivity index (χ1n) is 11.0. The van der Waals surface area contributed by atoms with Crippen molar-refractivity contribution in [1.29, 1.82) is 0 Å². The minimum Gasteiger partial charge on any atom is -0.492 e. The van der Waals surface area contributed by atoms with Crippen molar-refractivity contribution in [3.8, 4) is 11.4 Å². The Labute approximate surface area is 191 Å². The van der Waals surface area contributed by atoms with Gasteiger partial charge in [-0.25, -0.2) is 14.3 Å². The molecule has 0 radical (unpaired) electrons. The lowest BCUT2D eigenvalue weighted by molar-refractivity contribution is 0.184. The Hall–Kier alpha value is -3.65. The topological polar surface area (TPSA) is 80.3 Å². The molecule has 8 nitrogen and oxygen atoms in total. The molecule has 0 aliphatic rings. The fourth-order valence-corrected chi connectivity index (χ4v) is 3.75. The summed E-state index contributed by atoms with van der Waals surface area (Å²) in [5, 5.41) is 0. The van der Waals surface area contributed by atoms with Gasteiger partial charge >= 0.3 is 5.69 Å². The molecule has 0 fully saturated rings. The first-order chi connectivity index (χ1) is 16.0. The van der Waals surface area contributed by atoms with E-state index in [1.807, 2.05) is 54.6 Å². The molecule has 0 unspecified atom stereocenters. The van der Waals surface area contributed by atoms with Crippen LogP contribution in [0.3, 0.4) is 0 Å². The summed E-state index contributed by atoms with van der Waals surface area (Å²) < 4.78 is 15.4. The van der Waals surface area contributed by atoms with Crippen molar-refractivity contribution in [3.63, 3.8) is 0 Å². The number of benzene rings is 2. The summed E-state index contributed by atoms with van der Waals surface area (Å²) in [6.45, 7) is 5.40. The molecule has 2 heterocycles. The molecule has 33 heavy (non-hydrogen) atoms. The van der Waals surface area contributed by atoms with Gasteiger partial charge in [-0.15, -0.1) is 0 Å². The second-order valence-electron chi connectivity index (χ2n) is 8.09. The van der Waals surface area contributed by atoms with Gasteiger partial charge in [-0.2, -0.15) is 0 Å². The molecule has 0 amide bonds. The van der Waals surface area contributed by atoms with Gasteiger partial charge in [-0.1, -0.05) is 44.2 Å². The maximum atomic E-state index is 13.3. The number of aromatic nitrogens is 4. The van der Waals surface area contributed by atoms with E-state index in [9.17, 15) is 9.59 Å². The highest BCUT2D eigenvalue weighted by Gasteiger charge is 2.19. The van der Waals surface area contributed by atoms with Crippen LogP contribution in [0.4, 0.5) is 0 Å². The van der Waals surface area contributed by atoms with Gasteiger partial charge in [0.05, 0.1) is 31.7 Å². The molecular formula is C25H28N4O4. The minimum absolute atomic E-state index is 0.153. The average Bonchev–Trinajstić information content (AvgIpc) is 3.24. The molecule has 4 rings (SSSR count). The third kappa shape index (κ3) is 4.61. The van der Waals surface area contributed by atoms with Crippen LogP contribution >= 0.6 is 0 Å². The predicted octanol–water partition coefficient (Wildman–Crippen LogP) is 3.20. The van der Waals surface area contributed by atoms with Crippen LogP contribution in [-0.2, 0) is 17.8 Å². The second kappa shape index (κ2) is 9.87. The lowest BCUT2D eigenvalue weighted by Gasteiger charge is -2.14. The van der Waals surface area contributed by atoms with E-state index < -0.39 is 5.69 Å². The first kappa shape index (κ1) is 22.5. The zero-order valence-corrected chi connectivity index (χ0v) is 19.1. The van der Waals surface area contributed by atoms with Crippen LogP contribution in [0.2, 0.25) is 0 Å². The lowest BCUT2D eigenvalue weighted by Crippen LogP contribution is -2.41. The van der Waals surface area contributed by atoms with Crippen molar-refractivity contribution >= 4 is 11.2 Å². The molecule has 172 valence electrons. The number of fused-ring (bicyclic) bond motifs is 1. The van der Waals surface area contributed by atoms with Crippen LogP contribution < -0.4 is 16.0 Å². The van der Waals surface area contributed by atoms with E-state index in [0.717, 1.165) is 5.75 Å². The molecular weight excluding hydrogens is 420 g/mol. The van der Waals surface area contributed by atoms with Gasteiger partial charge in [0.25, 0.3) is 5.56 Å². The van der Waals surface area contributed by atoms with E-state index in [4.69, 9.17) is 9.47 Å². The summed E-state index contributed by atoms with van der Waals surface area (Å²) in [7, 11) is 1.54. The van der Waals surface area contributed by atoms with Crippen LogP contribution in [-0.4, -0.2) is 39.0 Å². The number of imidazole rings is 1. The van der Waals surface area contributed by atoms with E-state index in [0.29, 0.717) is 35.9 Å². The predicted molar refractivity (Wildman–Crippen MR) is 127 cm³/mol. The zero-order chi connectivity index (χ0) is 23.4. The molecule has 0 atom stereocenters. The number of nitrogens with zero attached hydrogens (tertiary/aromatic N) is 4. The number of methoxy groups -OCH3 is 1. The molecule has 0 saturated carbocycles. The number of para-hydroxylation sites is 1. The molecule has 4 aromatic rings. The molecule has 0 aliphatic carbocycles. The van der Waals surface area contributed by atoms with Gasteiger partial charge < -0.3 is 14.0 Å². The summed E-state index contributed by atoms with van der Waals surface area (Å²) in [6.07, 6.45) is 1.58. The summed E-state index contributed by atoms with van der Waals surface area (Å²) in [5.74, 6) is 1.12. The van der Waals surface area contributed by atoms with Crippen molar-refractivity contribution in [3.05, 3.63) is 87.3 Å². The second-order valence-corrected chi connectivity index (χ2v) is 8.09. The van der Waals surface area contributed by atoms with Crippen LogP contribution in [0, 0.1) is 0 Å². The number of ether oxygens (including phenoxy) is 2. The van der Waals surface area contributed by atoms with Crippen LogP contribution in [0.25, 0.3) is 16.9 Å². The molecule has 0 spiro atoms. The third-order valence-electron chi connectivity index (χ3n) is 5.58. The van der Waals surface area contributed by atoms with Gasteiger partial charge in [0.1, 0.15) is 12.4 Å². The smallest absolute Gasteiger partial charge is 0.337 e. The standard InChI is InChI=1S/C25H28N4O4/c1-18(2)19-9-11-20(12-10-19)29-23-22(24(30)28(25(29)31)14-15-32-3)27(17-26-23)13-16-33-21-7-5-4-6-8-21/h4-12,17-18H,13-16H2,1-3H3. The highest BCUT2D eigenvalue weighted by atomic mass is 16.5. The van der Waals surface area contributed by atoms with Crippen molar-refractivity contribution in [2.45, 2.75) is 32.9 Å². The van der Waals surface area contributed by atoms with Crippen molar-refractivity contribution < 1.29 is 9.47 Å². The minimum atomic E-state index is -0.437. The largest absolute Gasteiger partial charge is 0.492 e. The SMILES string of the molecule is COCCn1c(=O)c2c(ncn2CCOc2ccccc2)n(-c2ccc(C(C)C)cc2)c1=O. The Kier molecular flexibility index (Phi) is 6.74. The Morgan fingerprint density at radius 3 is 2.33 bits per heavy atom. The van der Waals surface area contributed by atoms with Crippen molar-refractivity contribution in [2.24, 2.45) is 0 Å². The average molecular weight is 449 g/mol. The number of hydrogen-bond acceptors (Lipinski definition) is 5. The molecule has 0 aliphatic heterocycles. The summed E-state index contributed by atoms with van der Waals surface area (Å²) in [6, 6.07) is 17.2. The summed E-state index contributed by atoms with van der Waals surface area (Å²) in [5.41, 5.74) is 1.68. The molecule has 0 N–H and O–H groups in total. The highest BCUT2D eigenvalue weighted by Crippen LogP contribution is 2.18. The monoisotopic (exact) mass is 448 g/mol. The molecule has 2 aromatic carbocycles. The van der Waals surface area contributed by atoms with Crippen LogP contribution in [0.15, 0.2) is 70.5 Å². The quantitative estimate of drug-likeness (QED) is 0.393. The Morgan fingerprint density at radius 2 is 1.67 bits per heavy atom. The van der Waals surface area contributed by atoms with E-state index in [1.54, 1.807) is 10.9 Å². The lowest BCUT2D eigenvalue weighted by atomic mass is 10.0. The van der Waals surface area contributed by atoms with Crippen LogP contribution in [0.1, 0.15) is 25.3 Å².